The Morgan fingerprint density at radius 3 is 1.34 bits per heavy atom. The first-order valence-corrected chi connectivity index (χ1v) is 22.2. The Morgan fingerprint density at radius 2 is 0.765 bits per heavy atom. The third-order valence-corrected chi connectivity index (χ3v) is 12.9. The van der Waals surface area contributed by atoms with Gasteiger partial charge in [0.25, 0.3) is 0 Å². The number of rotatable bonds is 7. The van der Waals surface area contributed by atoms with Crippen molar-refractivity contribution < 1.29 is 0 Å². The van der Waals surface area contributed by atoms with Crippen molar-refractivity contribution >= 4 is 43.6 Å². The molecule has 0 aliphatic rings. The van der Waals surface area contributed by atoms with E-state index in [4.69, 9.17) is 9.97 Å². The molecule has 0 saturated carbocycles. The zero-order chi connectivity index (χ0) is 45.7. The molecule has 7 heteroatoms. The van der Waals surface area contributed by atoms with Crippen LogP contribution in [-0.4, -0.2) is 19.1 Å². The van der Waals surface area contributed by atoms with Crippen LogP contribution < -0.4 is 0 Å². The van der Waals surface area contributed by atoms with E-state index in [0.717, 1.165) is 55.8 Å². The molecule has 0 N–H and O–H groups in total. The number of hydrogen-bond donors (Lipinski definition) is 0. The van der Waals surface area contributed by atoms with Crippen molar-refractivity contribution in [3.63, 3.8) is 0 Å². The highest BCUT2D eigenvalue weighted by molar-refractivity contribution is 6.12. The van der Waals surface area contributed by atoms with Gasteiger partial charge < -0.3 is 9.13 Å². The lowest BCUT2D eigenvalue weighted by Crippen LogP contribution is -1.97. The Morgan fingerprint density at radius 1 is 0.324 bits per heavy atom. The first kappa shape index (κ1) is 39.7. The Balaban J connectivity index is 0.852. The fourth-order valence-electron chi connectivity index (χ4n) is 9.55. The van der Waals surface area contributed by atoms with E-state index in [1.807, 2.05) is 48.5 Å². The maximum absolute atomic E-state index is 10.5. The molecule has 7 nitrogen and oxygen atoms in total. The second kappa shape index (κ2) is 16.3. The molecule has 0 spiro atoms. The molecule has 0 amide bonds. The number of fused-ring (bicyclic) bond motifs is 6. The summed E-state index contributed by atoms with van der Waals surface area (Å²) >= 11 is 0. The maximum atomic E-state index is 10.5. The predicted octanol–water partition coefficient (Wildman–Crippen LogP) is 14.6. The van der Waals surface area contributed by atoms with Gasteiger partial charge in [0.2, 0.25) is 0 Å². The van der Waals surface area contributed by atoms with E-state index >= 15 is 0 Å². The number of aromatic nitrogens is 4. The van der Waals surface area contributed by atoms with Gasteiger partial charge in [0.05, 0.1) is 68.4 Å². The van der Waals surface area contributed by atoms with E-state index in [0.29, 0.717) is 39.5 Å². The largest absolute Gasteiger partial charge is 0.309 e. The van der Waals surface area contributed by atoms with Crippen LogP contribution in [0.25, 0.3) is 111 Å². The Bertz CT molecular complexity index is 3950. The van der Waals surface area contributed by atoms with Gasteiger partial charge in [-0.15, -0.1) is 0 Å². The highest BCUT2D eigenvalue weighted by Gasteiger charge is 2.18. The van der Waals surface area contributed by atoms with Gasteiger partial charge in [0, 0.05) is 49.6 Å². The summed E-state index contributed by atoms with van der Waals surface area (Å²) in [6.07, 6.45) is 0. The van der Waals surface area contributed by atoms with Gasteiger partial charge in [-0.1, -0.05) is 115 Å². The fourth-order valence-corrected chi connectivity index (χ4v) is 9.55. The molecule has 0 bridgehead atoms. The first-order chi connectivity index (χ1) is 33.5. The summed E-state index contributed by atoms with van der Waals surface area (Å²) in [5, 5.41) is 34.2. The van der Waals surface area contributed by atoms with Crippen LogP contribution in [0.3, 0.4) is 0 Å². The normalized spacial score (nSPS) is 11.2. The van der Waals surface area contributed by atoms with Crippen LogP contribution in [0.5, 0.6) is 0 Å². The van der Waals surface area contributed by atoms with Gasteiger partial charge in [0.1, 0.15) is 0 Å². The van der Waals surface area contributed by atoms with Crippen molar-refractivity contribution in [2.45, 2.75) is 0 Å². The van der Waals surface area contributed by atoms with E-state index in [1.165, 1.54) is 32.6 Å². The van der Waals surface area contributed by atoms with E-state index in [9.17, 15) is 15.8 Å². The minimum absolute atomic E-state index is 0.461. The minimum Gasteiger partial charge on any atom is -0.309 e. The van der Waals surface area contributed by atoms with Gasteiger partial charge in [-0.2, -0.15) is 15.8 Å². The van der Waals surface area contributed by atoms with Crippen LogP contribution in [0.2, 0.25) is 0 Å². The number of para-hydroxylation sites is 3. The second-order valence-corrected chi connectivity index (χ2v) is 16.8. The quantitative estimate of drug-likeness (QED) is 0.159. The van der Waals surface area contributed by atoms with Crippen molar-refractivity contribution in [2.24, 2.45) is 0 Å². The summed E-state index contributed by atoms with van der Waals surface area (Å²) in [7, 11) is 0. The highest BCUT2D eigenvalue weighted by atomic mass is 15.0. The summed E-state index contributed by atoms with van der Waals surface area (Å²) in [6, 6.07) is 78.7. The molecule has 0 unspecified atom stereocenters. The molecule has 314 valence electrons. The molecule has 12 rings (SSSR count). The smallest absolute Gasteiger partial charge is 0.160 e. The molecule has 3 aromatic heterocycles. The highest BCUT2D eigenvalue weighted by Crippen LogP contribution is 2.38. The van der Waals surface area contributed by atoms with E-state index < -0.39 is 0 Å². The van der Waals surface area contributed by atoms with Crippen molar-refractivity contribution in [1.82, 2.24) is 19.1 Å². The first-order valence-electron chi connectivity index (χ1n) is 22.2. The van der Waals surface area contributed by atoms with Crippen molar-refractivity contribution in [2.75, 3.05) is 0 Å². The average molecular weight is 866 g/mol. The number of hydrogen-bond acceptors (Lipinski definition) is 5. The summed E-state index contributed by atoms with van der Waals surface area (Å²) < 4.78 is 4.73. The molecule has 3 heterocycles. The van der Waals surface area contributed by atoms with Crippen LogP contribution in [0.4, 0.5) is 0 Å². The zero-order valence-corrected chi connectivity index (χ0v) is 36.3. The van der Waals surface area contributed by atoms with Crippen LogP contribution in [-0.2, 0) is 0 Å². The van der Waals surface area contributed by atoms with Crippen LogP contribution in [0, 0.1) is 34.0 Å². The zero-order valence-electron chi connectivity index (χ0n) is 36.3. The molecule has 0 saturated heterocycles. The van der Waals surface area contributed by atoms with Gasteiger partial charge in [-0.3, -0.25) is 0 Å². The summed E-state index contributed by atoms with van der Waals surface area (Å²) in [6.45, 7) is 0. The Kier molecular flexibility index (Phi) is 9.51. The molecule has 0 aliphatic heterocycles. The van der Waals surface area contributed by atoms with Gasteiger partial charge >= 0.3 is 0 Å². The van der Waals surface area contributed by atoms with Crippen LogP contribution in [0.1, 0.15) is 16.7 Å². The molecule has 68 heavy (non-hydrogen) atoms. The Labute approximate surface area is 391 Å². The van der Waals surface area contributed by atoms with Crippen molar-refractivity contribution in [3.8, 4) is 85.7 Å². The third-order valence-electron chi connectivity index (χ3n) is 12.9. The van der Waals surface area contributed by atoms with Gasteiger partial charge in [-0.05, 0) is 119 Å². The lowest BCUT2D eigenvalue weighted by molar-refractivity contribution is 1.17. The molecule has 0 aliphatic carbocycles. The van der Waals surface area contributed by atoms with Gasteiger partial charge in [-0.25, -0.2) is 9.97 Å². The standard InChI is InChI=1S/C61H35N7/c62-36-39-13-17-44(18-14-39)55-35-56(66-61(65-55)45-19-15-40(37-63)16-20-45)50-31-27-46(33-47(50)38-64)43-23-21-41(22-24-43)42-25-28-48(29-26-42)67-59-12-6-3-9-53(59)54-34-49(30-32-60(54)67)68-57-10-4-1-7-51(57)52-8-2-5-11-58(52)68/h1-35H. The molecule has 0 atom stereocenters. The Hall–Kier alpha value is -9.87. The second-order valence-electron chi connectivity index (χ2n) is 16.8. The number of benzene rings is 9. The fraction of sp³-hybridized carbons (Fsp3) is 0. The molecular weight excluding hydrogens is 831 g/mol. The van der Waals surface area contributed by atoms with Crippen LogP contribution in [0.15, 0.2) is 212 Å². The average Bonchev–Trinajstić information content (AvgIpc) is 3.93. The minimum atomic E-state index is 0.461. The van der Waals surface area contributed by atoms with Crippen molar-refractivity contribution in [3.05, 3.63) is 229 Å². The molecule has 12 aromatic rings. The number of nitriles is 3. The van der Waals surface area contributed by atoms with Gasteiger partial charge in [0.15, 0.2) is 5.82 Å². The summed E-state index contributed by atoms with van der Waals surface area (Å²) in [4.78, 5) is 9.80. The summed E-state index contributed by atoms with van der Waals surface area (Å²) in [5.41, 5.74) is 16.0. The molecule has 0 fully saturated rings. The molecule has 0 radical (unpaired) electrons. The molecular formula is C61H35N7. The monoisotopic (exact) mass is 865 g/mol. The SMILES string of the molecule is N#Cc1ccc(-c2cc(-c3ccc(-c4ccc(-c5ccc(-n6c7ccccc7c7cc(-n8c9ccccc9c9ccccc98)ccc76)cc5)cc4)cc3C#N)nc(-c3ccc(C#N)cc3)n2)cc1. The predicted molar refractivity (Wildman–Crippen MR) is 272 cm³/mol. The topological polar surface area (TPSA) is 107 Å². The van der Waals surface area contributed by atoms with Crippen molar-refractivity contribution in [1.29, 1.82) is 15.8 Å². The van der Waals surface area contributed by atoms with Crippen LogP contribution >= 0.6 is 0 Å². The van der Waals surface area contributed by atoms with E-state index in [1.54, 1.807) is 24.3 Å². The number of nitrogens with zero attached hydrogens (tertiary/aromatic N) is 7. The lowest BCUT2D eigenvalue weighted by atomic mass is 9.95. The summed E-state index contributed by atoms with van der Waals surface area (Å²) in [5.74, 6) is 0.461. The lowest BCUT2D eigenvalue weighted by Gasteiger charge is -2.12. The third kappa shape index (κ3) is 6.74. The maximum Gasteiger partial charge on any atom is 0.160 e. The van der Waals surface area contributed by atoms with E-state index in [-0.39, 0.29) is 0 Å². The molecule has 9 aromatic carbocycles. The van der Waals surface area contributed by atoms with E-state index in [2.05, 4.69) is 167 Å².